The van der Waals surface area contributed by atoms with Crippen LogP contribution in [0.15, 0.2) is 28.6 Å². The zero-order valence-corrected chi connectivity index (χ0v) is 24.9. The number of nitrogens with two attached hydrogens (primary N) is 1. The number of nitrogen functional groups attached to an aromatic ring is 1. The third-order valence-corrected chi connectivity index (χ3v) is 9.82. The smallest absolute Gasteiger partial charge is 0.325 e. The summed E-state index contributed by atoms with van der Waals surface area (Å²) in [5.41, 5.74) is 4.07. The molecule has 4 aromatic rings. The summed E-state index contributed by atoms with van der Waals surface area (Å²) < 4.78 is 48.4. The number of hydrogen-bond acceptors (Lipinski definition) is 18. The number of imidazole rings is 2. The number of nitrogens with zero attached hydrogens (tertiary/aromatic N) is 6. The molecule has 0 radical (unpaired) electrons. The van der Waals surface area contributed by atoms with Crippen molar-refractivity contribution in [3.8, 4) is 0 Å². The van der Waals surface area contributed by atoms with Crippen molar-refractivity contribution in [2.24, 2.45) is 0 Å². The van der Waals surface area contributed by atoms with Crippen LogP contribution in [0, 0.1) is 0 Å². The maximum Gasteiger partial charge on any atom is 0.325 e. The van der Waals surface area contributed by atoms with Crippen LogP contribution >= 0.6 is 14.5 Å². The van der Waals surface area contributed by atoms with E-state index in [1.165, 1.54) is 10.9 Å². The van der Waals surface area contributed by atoms with Crippen molar-refractivity contribution in [1.29, 1.82) is 0 Å². The number of anilines is 1. The minimum Gasteiger partial charge on any atom is -0.756 e. The molecule has 0 saturated carbocycles. The third-order valence-electron chi connectivity index (χ3n) is 7.29. The third kappa shape index (κ3) is 5.44. The van der Waals surface area contributed by atoms with Gasteiger partial charge in [0.05, 0.1) is 32.2 Å². The SMILES string of the molecule is Nc1nc2c(ncn2[C@@H]2O[C@@H]3COP(O)(=S)O[C@H]4[C@@H](O)[C@H](n5cnc6c(=O)[nH]cnc65)O[C@@H]4COP(=O)([O-])O[C@@H]2[C@@H]3O)c(=O)[nH]1. The van der Waals surface area contributed by atoms with Crippen LogP contribution < -0.4 is 21.7 Å². The van der Waals surface area contributed by atoms with Crippen molar-refractivity contribution >= 4 is 54.6 Å². The molecule has 3 fully saturated rings. The van der Waals surface area contributed by atoms with Gasteiger partial charge < -0.3 is 53.8 Å². The molecule has 7 N–H and O–H groups in total. The van der Waals surface area contributed by atoms with E-state index in [1.54, 1.807) is 0 Å². The van der Waals surface area contributed by atoms with Gasteiger partial charge in [0.15, 0.2) is 34.8 Å². The molecular weight excluding hydrogens is 668 g/mol. The maximum atomic E-state index is 13.1. The van der Waals surface area contributed by atoms with Gasteiger partial charge in [0, 0.05) is 0 Å². The first-order chi connectivity index (χ1) is 21.3. The summed E-state index contributed by atoms with van der Waals surface area (Å²) in [4.78, 5) is 69.0. The Morgan fingerprint density at radius 3 is 2.36 bits per heavy atom. The van der Waals surface area contributed by atoms with Gasteiger partial charge >= 0.3 is 6.72 Å². The van der Waals surface area contributed by atoms with E-state index in [1.807, 2.05) is 0 Å². The number of rotatable bonds is 2. The number of aromatic nitrogens is 8. The normalized spacial score (nSPS) is 37.7. The van der Waals surface area contributed by atoms with Crippen LogP contribution in [-0.2, 0) is 43.9 Å². The first kappa shape index (κ1) is 30.6. The first-order valence-electron chi connectivity index (χ1n) is 12.9. The second kappa shape index (κ2) is 11.1. The molecule has 0 aromatic carbocycles. The monoisotopic (exact) mass is 690 g/mol. The molecule has 3 aliphatic rings. The van der Waals surface area contributed by atoms with E-state index >= 15 is 0 Å². The number of aromatic amines is 2. The Morgan fingerprint density at radius 2 is 1.60 bits per heavy atom. The van der Waals surface area contributed by atoms with Crippen LogP contribution in [0.5, 0.6) is 0 Å². The Hall–Kier alpha value is -3.02. The highest BCUT2D eigenvalue weighted by molar-refractivity contribution is 8.07. The van der Waals surface area contributed by atoms with Crippen LogP contribution in [0.25, 0.3) is 22.3 Å². The van der Waals surface area contributed by atoms with Gasteiger partial charge in [-0.15, -0.1) is 0 Å². The number of hydrogen-bond donors (Lipinski definition) is 6. The van der Waals surface area contributed by atoms with Gasteiger partial charge in [-0.3, -0.25) is 32.8 Å². The zero-order valence-electron chi connectivity index (χ0n) is 22.3. The maximum absolute atomic E-state index is 13.1. The van der Waals surface area contributed by atoms with Crippen LogP contribution in [0.3, 0.4) is 0 Å². The average Bonchev–Trinajstić information content (AvgIpc) is 3.72. The number of ether oxygens (including phenoxy) is 2. The largest absolute Gasteiger partial charge is 0.756 e. The number of fused-ring (bicyclic) bond motifs is 5. The molecule has 25 heteroatoms. The van der Waals surface area contributed by atoms with Crippen LogP contribution in [-0.4, -0.2) is 104 Å². The van der Waals surface area contributed by atoms with E-state index in [-0.39, 0.29) is 28.3 Å². The average molecular weight is 690 g/mol. The number of phosphoric acid groups is 1. The summed E-state index contributed by atoms with van der Waals surface area (Å²) in [6.45, 7) is -5.76. The number of H-pyrrole nitrogens is 2. The van der Waals surface area contributed by atoms with Crippen LogP contribution in [0.4, 0.5) is 5.95 Å². The van der Waals surface area contributed by atoms with E-state index in [2.05, 4.69) is 29.9 Å². The predicted molar refractivity (Wildman–Crippen MR) is 146 cm³/mol. The first-order valence-corrected chi connectivity index (χ1v) is 17.0. The van der Waals surface area contributed by atoms with E-state index in [9.17, 15) is 34.2 Å². The molecule has 45 heavy (non-hydrogen) atoms. The van der Waals surface area contributed by atoms with E-state index in [4.69, 9.17) is 45.1 Å². The van der Waals surface area contributed by atoms with E-state index in [0.717, 1.165) is 17.2 Å². The van der Waals surface area contributed by atoms with Crippen molar-refractivity contribution in [2.45, 2.75) is 49.1 Å². The second-order valence-electron chi connectivity index (χ2n) is 10.1. The van der Waals surface area contributed by atoms with E-state index in [0.29, 0.717) is 0 Å². The molecule has 0 aliphatic carbocycles. The van der Waals surface area contributed by atoms with Crippen LogP contribution in [0.2, 0.25) is 0 Å². The molecule has 0 amide bonds. The fourth-order valence-electron chi connectivity index (χ4n) is 5.28. The molecule has 22 nitrogen and oxygen atoms in total. The summed E-state index contributed by atoms with van der Waals surface area (Å²) in [7, 11) is -5.33. The Balaban J connectivity index is 1.21. The number of aliphatic hydroxyl groups excluding tert-OH is 2. The van der Waals surface area contributed by atoms with Gasteiger partial charge in [-0.25, -0.2) is 15.0 Å². The molecule has 7 heterocycles. The molecule has 3 aliphatic heterocycles. The lowest BCUT2D eigenvalue weighted by Gasteiger charge is -2.31. The molecule has 3 saturated heterocycles. The molecule has 2 bridgehead atoms. The van der Waals surface area contributed by atoms with Crippen LogP contribution in [0.1, 0.15) is 12.5 Å². The van der Waals surface area contributed by atoms with Crippen molar-refractivity contribution in [1.82, 2.24) is 39.0 Å². The van der Waals surface area contributed by atoms with Crippen molar-refractivity contribution < 1.29 is 52.1 Å². The van der Waals surface area contributed by atoms with Crippen molar-refractivity contribution in [3.05, 3.63) is 39.7 Å². The Morgan fingerprint density at radius 1 is 0.933 bits per heavy atom. The minimum absolute atomic E-state index is 0.0223. The minimum atomic E-state index is -5.33. The van der Waals surface area contributed by atoms with E-state index < -0.39 is 88.0 Å². The molecule has 4 aromatic heterocycles. The van der Waals surface area contributed by atoms with Gasteiger partial charge in [-0.05, 0) is 11.8 Å². The molecule has 242 valence electrons. The van der Waals surface area contributed by atoms with Crippen molar-refractivity contribution in [3.63, 3.8) is 0 Å². The summed E-state index contributed by atoms with van der Waals surface area (Å²) in [5, 5.41) is 22.2. The summed E-state index contributed by atoms with van der Waals surface area (Å²) in [6.07, 6.45) is -8.90. The zero-order chi connectivity index (χ0) is 31.8. The highest BCUT2D eigenvalue weighted by Gasteiger charge is 2.52. The predicted octanol–water partition coefficient (Wildman–Crippen LogP) is -3.15. The molecule has 2 unspecified atom stereocenters. The summed E-state index contributed by atoms with van der Waals surface area (Å²) in [6, 6.07) is 0. The summed E-state index contributed by atoms with van der Waals surface area (Å²) in [5.74, 6) is -0.277. The number of nitrogens with one attached hydrogen (secondary N) is 2. The Labute approximate surface area is 253 Å². The second-order valence-corrected chi connectivity index (χ2v) is 14.2. The Bertz CT molecular complexity index is 2000. The lowest BCUT2D eigenvalue weighted by atomic mass is 10.1. The molecule has 0 spiro atoms. The number of aliphatic hydroxyl groups is 2. The van der Waals surface area contributed by atoms with Gasteiger partial charge in [0.25, 0.3) is 18.9 Å². The Kier molecular flexibility index (Phi) is 7.52. The quantitative estimate of drug-likeness (QED) is 0.113. The molecule has 10 atom stereocenters. The standard InChI is InChI=1S/C20H23N9O13P2S/c21-20-26-15-9(17(33)27-20)25-5-29(15)19-13-10(30)6(39-19)1-38-44(36,45)42-12-7(2-37-43(34,35)41-13)40-18(11(12)31)28-4-24-8-14(28)22-3-23-16(8)32/h3-7,10-13,18-19,30-31H,1-2H2,(H,34,35)(H,36,45)(H,22,23,32)(H3,21,26,27,33)/p-1/t6-,7-,10-,11-,12-,13-,18-,19-,44?/m1/s1. The highest BCUT2D eigenvalue weighted by atomic mass is 32.5. The van der Waals surface area contributed by atoms with Gasteiger partial charge in [-0.1, -0.05) is 0 Å². The fraction of sp³-hybridized carbons (Fsp3) is 0.500. The molecular formula is C20H22N9O13P2S-. The van der Waals surface area contributed by atoms with Gasteiger partial charge in [0.1, 0.15) is 36.6 Å². The molecule has 7 rings (SSSR count). The fourth-order valence-corrected chi connectivity index (χ4v) is 7.64. The lowest BCUT2D eigenvalue weighted by molar-refractivity contribution is -0.237. The highest BCUT2D eigenvalue weighted by Crippen LogP contribution is 2.52. The lowest BCUT2D eigenvalue weighted by Crippen LogP contribution is -2.37. The van der Waals surface area contributed by atoms with Gasteiger partial charge in [0.2, 0.25) is 5.95 Å². The number of phosphoric ester groups is 1. The summed E-state index contributed by atoms with van der Waals surface area (Å²) >= 11 is 5.14. The van der Waals surface area contributed by atoms with Gasteiger partial charge in [-0.2, -0.15) is 4.98 Å². The van der Waals surface area contributed by atoms with Crippen molar-refractivity contribution in [2.75, 3.05) is 18.9 Å². The topological polar surface area (TPSA) is 309 Å².